The molecule has 0 bridgehead atoms. The zero-order valence-electron chi connectivity index (χ0n) is 13.1. The highest BCUT2D eigenvalue weighted by Gasteiger charge is 2.22. The summed E-state index contributed by atoms with van der Waals surface area (Å²) in [5.74, 6) is 1.78. The zero-order valence-corrected chi connectivity index (χ0v) is 13.1. The van der Waals surface area contributed by atoms with E-state index in [2.05, 4.69) is 10.1 Å². The highest BCUT2D eigenvalue weighted by Crippen LogP contribution is 2.18. The Labute approximate surface area is 130 Å². The first kappa shape index (κ1) is 15.1. The van der Waals surface area contributed by atoms with Crippen LogP contribution in [-0.4, -0.2) is 42.5 Å². The van der Waals surface area contributed by atoms with Gasteiger partial charge in [-0.2, -0.15) is 0 Å². The topological polar surface area (TPSA) is 47.7 Å². The SMILES string of the molecule is Cc1noc(C)c1CN1CCOC[C@H](Oc2ccccc2)C1. The third kappa shape index (κ3) is 3.67. The molecule has 1 aromatic carbocycles. The van der Waals surface area contributed by atoms with Crippen molar-refractivity contribution in [2.24, 2.45) is 0 Å². The van der Waals surface area contributed by atoms with Crippen LogP contribution in [0.25, 0.3) is 0 Å². The molecule has 5 nitrogen and oxygen atoms in total. The maximum Gasteiger partial charge on any atom is 0.138 e. The summed E-state index contributed by atoms with van der Waals surface area (Å²) < 4.78 is 17.0. The summed E-state index contributed by atoms with van der Waals surface area (Å²) in [6.45, 7) is 7.82. The summed E-state index contributed by atoms with van der Waals surface area (Å²) in [6, 6.07) is 9.90. The van der Waals surface area contributed by atoms with Gasteiger partial charge >= 0.3 is 0 Å². The van der Waals surface area contributed by atoms with E-state index in [0.717, 1.165) is 43.4 Å². The monoisotopic (exact) mass is 302 g/mol. The number of aryl methyl sites for hydroxylation is 2. The molecular formula is C17H22N2O3. The van der Waals surface area contributed by atoms with E-state index in [1.165, 1.54) is 5.56 Å². The van der Waals surface area contributed by atoms with Gasteiger partial charge in [-0.1, -0.05) is 23.4 Å². The van der Waals surface area contributed by atoms with Crippen molar-refractivity contribution >= 4 is 0 Å². The summed E-state index contributed by atoms with van der Waals surface area (Å²) in [6.07, 6.45) is 0.0328. The molecule has 0 aliphatic carbocycles. The van der Waals surface area contributed by atoms with Gasteiger partial charge in [-0.05, 0) is 26.0 Å². The molecule has 118 valence electrons. The molecule has 1 aliphatic rings. The molecule has 0 unspecified atom stereocenters. The normalized spacial score (nSPS) is 19.8. The molecule has 2 heterocycles. The Hall–Kier alpha value is -1.85. The van der Waals surface area contributed by atoms with Gasteiger partial charge in [0, 0.05) is 25.2 Å². The van der Waals surface area contributed by atoms with Crippen LogP contribution in [0, 0.1) is 13.8 Å². The number of ether oxygens (including phenoxy) is 2. The fraction of sp³-hybridized carbons (Fsp3) is 0.471. The highest BCUT2D eigenvalue weighted by molar-refractivity contribution is 5.22. The van der Waals surface area contributed by atoms with Crippen LogP contribution in [0.1, 0.15) is 17.0 Å². The van der Waals surface area contributed by atoms with E-state index in [9.17, 15) is 0 Å². The van der Waals surface area contributed by atoms with Gasteiger partial charge in [0.05, 0.1) is 18.9 Å². The molecule has 0 spiro atoms. The van der Waals surface area contributed by atoms with Crippen molar-refractivity contribution in [1.29, 1.82) is 0 Å². The predicted molar refractivity (Wildman–Crippen MR) is 82.9 cm³/mol. The van der Waals surface area contributed by atoms with Gasteiger partial charge < -0.3 is 14.0 Å². The van der Waals surface area contributed by atoms with Gasteiger partial charge in [-0.3, -0.25) is 4.90 Å². The van der Waals surface area contributed by atoms with Crippen molar-refractivity contribution in [1.82, 2.24) is 10.1 Å². The maximum atomic E-state index is 6.04. The molecule has 5 heteroatoms. The summed E-state index contributed by atoms with van der Waals surface area (Å²) in [5, 5.41) is 4.03. The quantitative estimate of drug-likeness (QED) is 0.868. The van der Waals surface area contributed by atoms with Crippen LogP contribution in [0.2, 0.25) is 0 Å². The molecule has 3 rings (SSSR count). The van der Waals surface area contributed by atoms with Gasteiger partial charge in [-0.25, -0.2) is 0 Å². The first-order chi connectivity index (χ1) is 10.7. The Kier molecular flexibility index (Phi) is 4.75. The molecule has 1 fully saturated rings. The third-order valence-electron chi connectivity index (χ3n) is 3.93. The molecule has 1 aliphatic heterocycles. The number of rotatable bonds is 4. The Morgan fingerprint density at radius 2 is 2.09 bits per heavy atom. The van der Waals surface area contributed by atoms with E-state index < -0.39 is 0 Å². The first-order valence-corrected chi connectivity index (χ1v) is 7.66. The Morgan fingerprint density at radius 3 is 2.82 bits per heavy atom. The molecule has 2 aromatic rings. The van der Waals surface area contributed by atoms with Crippen molar-refractivity contribution in [3.8, 4) is 5.75 Å². The van der Waals surface area contributed by atoms with Crippen LogP contribution in [-0.2, 0) is 11.3 Å². The number of nitrogens with zero attached hydrogens (tertiary/aromatic N) is 2. The largest absolute Gasteiger partial charge is 0.487 e. The maximum absolute atomic E-state index is 6.04. The van der Waals surface area contributed by atoms with Crippen LogP contribution >= 0.6 is 0 Å². The second-order valence-corrected chi connectivity index (χ2v) is 5.67. The van der Waals surface area contributed by atoms with Crippen LogP contribution in [0.5, 0.6) is 5.75 Å². The van der Waals surface area contributed by atoms with Gasteiger partial charge in [0.15, 0.2) is 0 Å². The Balaban J connectivity index is 1.65. The number of para-hydroxylation sites is 1. The first-order valence-electron chi connectivity index (χ1n) is 7.66. The molecule has 0 saturated carbocycles. The van der Waals surface area contributed by atoms with E-state index in [-0.39, 0.29) is 6.10 Å². The van der Waals surface area contributed by atoms with Gasteiger partial charge in [0.1, 0.15) is 17.6 Å². The van der Waals surface area contributed by atoms with Crippen LogP contribution in [0.3, 0.4) is 0 Å². The van der Waals surface area contributed by atoms with Crippen molar-refractivity contribution in [2.75, 3.05) is 26.3 Å². The Bertz CT molecular complexity index is 578. The number of benzene rings is 1. The van der Waals surface area contributed by atoms with Crippen LogP contribution in [0.15, 0.2) is 34.9 Å². The summed E-state index contributed by atoms with van der Waals surface area (Å²) in [7, 11) is 0. The average Bonchev–Trinajstić information content (AvgIpc) is 2.73. The van der Waals surface area contributed by atoms with Gasteiger partial charge in [0.2, 0.25) is 0 Å². The zero-order chi connectivity index (χ0) is 15.4. The smallest absolute Gasteiger partial charge is 0.138 e. The molecule has 0 amide bonds. The van der Waals surface area contributed by atoms with Crippen LogP contribution in [0.4, 0.5) is 0 Å². The van der Waals surface area contributed by atoms with E-state index in [0.29, 0.717) is 6.61 Å². The van der Waals surface area contributed by atoms with E-state index in [4.69, 9.17) is 14.0 Å². The lowest BCUT2D eigenvalue weighted by molar-refractivity contribution is 0.0710. The number of hydrogen-bond donors (Lipinski definition) is 0. The lowest BCUT2D eigenvalue weighted by atomic mass is 10.2. The second-order valence-electron chi connectivity index (χ2n) is 5.67. The fourth-order valence-corrected chi connectivity index (χ4v) is 2.70. The molecule has 1 saturated heterocycles. The predicted octanol–water partition coefficient (Wildman–Crippen LogP) is 2.57. The van der Waals surface area contributed by atoms with Crippen molar-refractivity contribution in [3.63, 3.8) is 0 Å². The number of hydrogen-bond acceptors (Lipinski definition) is 5. The summed E-state index contributed by atoms with van der Waals surface area (Å²) >= 11 is 0. The molecule has 1 aromatic heterocycles. The van der Waals surface area contributed by atoms with Gasteiger partial charge in [0.25, 0.3) is 0 Å². The fourth-order valence-electron chi connectivity index (χ4n) is 2.70. The second kappa shape index (κ2) is 6.94. The average molecular weight is 302 g/mol. The summed E-state index contributed by atoms with van der Waals surface area (Å²) in [4.78, 5) is 2.34. The molecule has 0 radical (unpaired) electrons. The minimum Gasteiger partial charge on any atom is -0.487 e. The highest BCUT2D eigenvalue weighted by atomic mass is 16.5. The standard InChI is InChI=1S/C17H22N2O3/c1-13-17(14(2)22-18-13)11-19-8-9-20-12-16(10-19)21-15-6-4-3-5-7-15/h3-7,16H,8-12H2,1-2H3/t16-/m1/s1. The molecule has 1 atom stereocenters. The van der Waals surface area contributed by atoms with Gasteiger partial charge in [-0.15, -0.1) is 0 Å². The minimum atomic E-state index is 0.0328. The lowest BCUT2D eigenvalue weighted by Gasteiger charge is -2.23. The lowest BCUT2D eigenvalue weighted by Crippen LogP contribution is -2.35. The molecular weight excluding hydrogens is 280 g/mol. The van der Waals surface area contributed by atoms with E-state index >= 15 is 0 Å². The Morgan fingerprint density at radius 1 is 1.27 bits per heavy atom. The third-order valence-corrected chi connectivity index (χ3v) is 3.93. The minimum absolute atomic E-state index is 0.0328. The van der Waals surface area contributed by atoms with E-state index in [1.807, 2.05) is 44.2 Å². The molecule has 0 N–H and O–H groups in total. The van der Waals surface area contributed by atoms with Crippen molar-refractivity contribution < 1.29 is 14.0 Å². The molecule has 22 heavy (non-hydrogen) atoms. The summed E-state index contributed by atoms with van der Waals surface area (Å²) in [5.41, 5.74) is 2.13. The number of aromatic nitrogens is 1. The van der Waals surface area contributed by atoms with Crippen LogP contribution < -0.4 is 4.74 Å². The van der Waals surface area contributed by atoms with E-state index in [1.54, 1.807) is 0 Å². The van der Waals surface area contributed by atoms with Crippen molar-refractivity contribution in [3.05, 3.63) is 47.3 Å². The van der Waals surface area contributed by atoms with Crippen molar-refractivity contribution in [2.45, 2.75) is 26.5 Å².